The summed E-state index contributed by atoms with van der Waals surface area (Å²) in [5, 5.41) is 0. The zero-order chi connectivity index (χ0) is 15.2. The molecule has 4 nitrogen and oxygen atoms in total. The molecule has 0 aliphatic carbocycles. The Labute approximate surface area is 126 Å². The van der Waals surface area contributed by atoms with E-state index in [1.165, 1.54) is 11.1 Å². The van der Waals surface area contributed by atoms with Crippen molar-refractivity contribution in [1.29, 1.82) is 0 Å². The van der Waals surface area contributed by atoms with E-state index >= 15 is 0 Å². The lowest BCUT2D eigenvalue weighted by Crippen LogP contribution is -2.49. The largest absolute Gasteiger partial charge is 0.340 e. The first-order valence-corrected chi connectivity index (χ1v) is 7.60. The van der Waals surface area contributed by atoms with E-state index in [0.717, 1.165) is 32.6 Å². The molecule has 0 bridgehead atoms. The summed E-state index contributed by atoms with van der Waals surface area (Å²) >= 11 is 0. The molecule has 0 N–H and O–H groups in total. The van der Waals surface area contributed by atoms with Crippen LogP contribution in [-0.4, -0.2) is 54.2 Å². The highest BCUT2D eigenvalue weighted by Crippen LogP contribution is 2.09. The summed E-state index contributed by atoms with van der Waals surface area (Å²) in [7, 11) is 0. The van der Waals surface area contributed by atoms with Crippen molar-refractivity contribution in [1.82, 2.24) is 9.80 Å². The number of aryl methyl sites for hydroxylation is 2. The molecule has 0 aromatic heterocycles. The summed E-state index contributed by atoms with van der Waals surface area (Å²) in [6.07, 6.45) is 1.37. The van der Waals surface area contributed by atoms with E-state index in [1.807, 2.05) is 11.0 Å². The van der Waals surface area contributed by atoms with Crippen molar-refractivity contribution in [3.05, 3.63) is 35.4 Å². The number of rotatable bonds is 5. The normalized spacial score (nSPS) is 16.0. The Kier molecular flexibility index (Phi) is 5.51. The van der Waals surface area contributed by atoms with Gasteiger partial charge in [0.15, 0.2) is 0 Å². The molecule has 1 saturated heterocycles. The van der Waals surface area contributed by atoms with E-state index in [2.05, 4.69) is 30.0 Å². The zero-order valence-corrected chi connectivity index (χ0v) is 13.0. The van der Waals surface area contributed by atoms with Crippen molar-refractivity contribution in [3.63, 3.8) is 0 Å². The third-order valence-corrected chi connectivity index (χ3v) is 3.88. The smallest absolute Gasteiger partial charge is 0.222 e. The molecule has 4 heteroatoms. The van der Waals surface area contributed by atoms with E-state index in [-0.39, 0.29) is 11.7 Å². The molecule has 0 radical (unpaired) electrons. The van der Waals surface area contributed by atoms with E-state index in [9.17, 15) is 9.59 Å². The Morgan fingerprint density at radius 2 is 1.86 bits per heavy atom. The monoisotopic (exact) mass is 288 g/mol. The fourth-order valence-corrected chi connectivity index (χ4v) is 2.75. The molecule has 1 aliphatic rings. The van der Waals surface area contributed by atoms with Crippen molar-refractivity contribution in [2.75, 3.05) is 32.7 Å². The molecule has 1 amide bonds. The predicted octanol–water partition coefficient (Wildman–Crippen LogP) is 1.66. The van der Waals surface area contributed by atoms with E-state index in [0.29, 0.717) is 13.0 Å². The molecule has 1 aliphatic heterocycles. The van der Waals surface area contributed by atoms with Gasteiger partial charge in [0.25, 0.3) is 0 Å². The number of piperazine rings is 1. The summed E-state index contributed by atoms with van der Waals surface area (Å²) < 4.78 is 0. The maximum Gasteiger partial charge on any atom is 0.222 e. The van der Waals surface area contributed by atoms with Crippen LogP contribution in [-0.2, 0) is 16.0 Å². The van der Waals surface area contributed by atoms with Gasteiger partial charge in [-0.1, -0.05) is 29.8 Å². The van der Waals surface area contributed by atoms with Gasteiger partial charge in [0.1, 0.15) is 5.78 Å². The maximum absolute atomic E-state index is 12.2. The molecule has 2 rings (SSSR count). The van der Waals surface area contributed by atoms with Crippen LogP contribution in [0, 0.1) is 6.92 Å². The van der Waals surface area contributed by atoms with Crippen LogP contribution >= 0.6 is 0 Å². The molecule has 1 heterocycles. The van der Waals surface area contributed by atoms with Crippen molar-refractivity contribution >= 4 is 11.7 Å². The minimum absolute atomic E-state index is 0.189. The van der Waals surface area contributed by atoms with Crippen molar-refractivity contribution in [3.8, 4) is 0 Å². The Morgan fingerprint density at radius 1 is 1.14 bits per heavy atom. The SMILES string of the molecule is CC(=O)CN1CCN(C(=O)CCc2cccc(C)c2)CC1. The van der Waals surface area contributed by atoms with Crippen LogP contribution in [0.1, 0.15) is 24.5 Å². The number of ketones is 1. The van der Waals surface area contributed by atoms with Crippen LogP contribution in [0.25, 0.3) is 0 Å². The van der Waals surface area contributed by atoms with Gasteiger partial charge in [0.05, 0.1) is 6.54 Å². The molecule has 1 aromatic carbocycles. The first-order valence-electron chi connectivity index (χ1n) is 7.60. The number of hydrogen-bond acceptors (Lipinski definition) is 3. The molecular formula is C17H24N2O2. The lowest BCUT2D eigenvalue weighted by molar-refractivity contribution is -0.133. The number of nitrogens with zero attached hydrogens (tertiary/aromatic N) is 2. The average molecular weight is 288 g/mol. The van der Waals surface area contributed by atoms with Crippen molar-refractivity contribution < 1.29 is 9.59 Å². The number of benzene rings is 1. The number of hydrogen-bond donors (Lipinski definition) is 0. The zero-order valence-electron chi connectivity index (χ0n) is 13.0. The van der Waals surface area contributed by atoms with Crippen molar-refractivity contribution in [2.45, 2.75) is 26.7 Å². The summed E-state index contributed by atoms with van der Waals surface area (Å²) in [6.45, 7) is 7.26. The number of Topliss-reactive ketones (excluding diaryl/α,β-unsaturated/α-hetero) is 1. The van der Waals surface area contributed by atoms with Gasteiger partial charge in [0, 0.05) is 32.6 Å². The standard InChI is InChI=1S/C17H24N2O2/c1-14-4-3-5-16(12-14)6-7-17(21)19-10-8-18(9-11-19)13-15(2)20/h3-5,12H,6-11,13H2,1-2H3. The Balaban J connectivity index is 1.76. The second kappa shape index (κ2) is 7.36. The number of carbonyl (C=O) groups is 2. The van der Waals surface area contributed by atoms with Crippen LogP contribution in [0.4, 0.5) is 0 Å². The van der Waals surface area contributed by atoms with Gasteiger partial charge < -0.3 is 4.90 Å². The third-order valence-electron chi connectivity index (χ3n) is 3.88. The first-order chi connectivity index (χ1) is 10.0. The van der Waals surface area contributed by atoms with Gasteiger partial charge in [-0.25, -0.2) is 0 Å². The minimum Gasteiger partial charge on any atom is -0.340 e. The van der Waals surface area contributed by atoms with Gasteiger partial charge in [-0.05, 0) is 25.8 Å². The van der Waals surface area contributed by atoms with Crippen LogP contribution in [0.2, 0.25) is 0 Å². The first kappa shape index (κ1) is 15.7. The molecule has 0 saturated carbocycles. The lowest BCUT2D eigenvalue weighted by Gasteiger charge is -2.34. The second-order valence-corrected chi connectivity index (χ2v) is 5.85. The van der Waals surface area contributed by atoms with Gasteiger partial charge in [-0.3, -0.25) is 14.5 Å². The van der Waals surface area contributed by atoms with Crippen molar-refractivity contribution in [2.24, 2.45) is 0 Å². The molecule has 0 spiro atoms. The molecule has 0 atom stereocenters. The topological polar surface area (TPSA) is 40.6 Å². The third kappa shape index (κ3) is 4.97. The van der Waals surface area contributed by atoms with Gasteiger partial charge in [-0.2, -0.15) is 0 Å². The van der Waals surface area contributed by atoms with Gasteiger partial charge in [0.2, 0.25) is 5.91 Å². The second-order valence-electron chi connectivity index (χ2n) is 5.85. The predicted molar refractivity (Wildman–Crippen MR) is 83.2 cm³/mol. The van der Waals surface area contributed by atoms with E-state index in [1.54, 1.807) is 6.92 Å². The van der Waals surface area contributed by atoms with Crippen LogP contribution in [0.5, 0.6) is 0 Å². The highest BCUT2D eigenvalue weighted by Gasteiger charge is 2.21. The average Bonchev–Trinajstić information content (AvgIpc) is 2.45. The highest BCUT2D eigenvalue weighted by atomic mass is 16.2. The van der Waals surface area contributed by atoms with Crippen LogP contribution in [0.3, 0.4) is 0 Å². The Bertz CT molecular complexity index is 505. The van der Waals surface area contributed by atoms with Crippen LogP contribution in [0.15, 0.2) is 24.3 Å². The summed E-state index contributed by atoms with van der Waals surface area (Å²) in [5.74, 6) is 0.410. The molecular weight excluding hydrogens is 264 g/mol. The molecule has 114 valence electrons. The molecule has 0 unspecified atom stereocenters. The lowest BCUT2D eigenvalue weighted by atomic mass is 10.1. The van der Waals surface area contributed by atoms with Gasteiger partial charge >= 0.3 is 0 Å². The fourth-order valence-electron chi connectivity index (χ4n) is 2.75. The number of carbonyl (C=O) groups excluding carboxylic acids is 2. The maximum atomic E-state index is 12.2. The van der Waals surface area contributed by atoms with E-state index < -0.39 is 0 Å². The highest BCUT2D eigenvalue weighted by molar-refractivity contribution is 5.78. The molecule has 21 heavy (non-hydrogen) atoms. The van der Waals surface area contributed by atoms with E-state index in [4.69, 9.17) is 0 Å². The number of amides is 1. The van der Waals surface area contributed by atoms with Crippen LogP contribution < -0.4 is 0 Å². The minimum atomic E-state index is 0.189. The molecule has 1 aromatic rings. The summed E-state index contributed by atoms with van der Waals surface area (Å²) in [5.41, 5.74) is 2.45. The molecule has 1 fully saturated rings. The van der Waals surface area contributed by atoms with Gasteiger partial charge in [-0.15, -0.1) is 0 Å². The Hall–Kier alpha value is -1.68. The quantitative estimate of drug-likeness (QED) is 0.827. The summed E-state index contributed by atoms with van der Waals surface area (Å²) in [6, 6.07) is 8.32. The Morgan fingerprint density at radius 3 is 2.48 bits per heavy atom. The fraction of sp³-hybridized carbons (Fsp3) is 0.529. The summed E-state index contributed by atoms with van der Waals surface area (Å²) in [4.78, 5) is 27.4.